The van der Waals surface area contributed by atoms with Gasteiger partial charge in [0.05, 0.1) is 17.9 Å². The maximum Gasteiger partial charge on any atom is 0.244 e. The Morgan fingerprint density at radius 2 is 1.92 bits per heavy atom. The van der Waals surface area contributed by atoms with E-state index in [-0.39, 0.29) is 11.9 Å². The molecule has 1 saturated carbocycles. The molecular weight excluding hydrogens is 330 g/mol. The number of rotatable bonds is 5. The van der Waals surface area contributed by atoms with E-state index >= 15 is 0 Å². The molecule has 0 radical (unpaired) electrons. The lowest BCUT2D eigenvalue weighted by Gasteiger charge is -2.42. The molecule has 3 heterocycles. The molecule has 2 amide bonds. The second-order valence-corrected chi connectivity index (χ2v) is 7.92. The third-order valence-corrected chi connectivity index (χ3v) is 5.98. The average molecular weight is 359 g/mol. The monoisotopic (exact) mass is 359 g/mol. The van der Waals surface area contributed by atoms with Crippen LogP contribution in [0.1, 0.15) is 38.5 Å². The smallest absolute Gasteiger partial charge is 0.244 e. The molecule has 3 fully saturated rings. The topological polar surface area (TPSA) is 61.7 Å². The Hall–Kier alpha value is -1.89. The largest absolute Gasteiger partial charge is 0.340 e. The highest BCUT2D eigenvalue weighted by Gasteiger charge is 2.36. The number of carbonyl (C=O) groups is 2. The maximum absolute atomic E-state index is 13.0. The number of amides is 2. The first-order valence-electron chi connectivity index (χ1n) is 9.93. The van der Waals surface area contributed by atoms with Crippen molar-refractivity contribution < 1.29 is 9.59 Å². The Morgan fingerprint density at radius 1 is 1.15 bits per heavy atom. The number of aryl methyl sites for hydroxylation is 1. The van der Waals surface area contributed by atoms with Crippen LogP contribution in [0.25, 0.3) is 0 Å². The number of carbonyl (C=O) groups excluding carboxylic acids is 2. The van der Waals surface area contributed by atoms with E-state index in [1.54, 1.807) is 10.9 Å². The first-order valence-corrected chi connectivity index (χ1v) is 9.93. The third-order valence-electron chi connectivity index (χ3n) is 5.98. The molecule has 2 aliphatic heterocycles. The van der Waals surface area contributed by atoms with Crippen LogP contribution in [0.4, 0.5) is 5.69 Å². The summed E-state index contributed by atoms with van der Waals surface area (Å²) in [5.74, 6) is 1.28. The molecule has 1 aromatic heterocycles. The van der Waals surface area contributed by atoms with E-state index in [9.17, 15) is 9.59 Å². The van der Waals surface area contributed by atoms with E-state index in [1.807, 2.05) is 23.0 Å². The van der Waals surface area contributed by atoms with Gasteiger partial charge in [0, 0.05) is 52.4 Å². The van der Waals surface area contributed by atoms with Gasteiger partial charge in [-0.2, -0.15) is 5.10 Å². The lowest BCUT2D eigenvalue weighted by molar-refractivity contribution is -0.134. The summed E-state index contributed by atoms with van der Waals surface area (Å²) >= 11 is 0. The fraction of sp³-hybridized carbons (Fsp3) is 0.737. The fourth-order valence-corrected chi connectivity index (χ4v) is 4.17. The van der Waals surface area contributed by atoms with Crippen LogP contribution in [0.15, 0.2) is 12.4 Å². The highest BCUT2D eigenvalue weighted by Crippen LogP contribution is 2.33. The maximum atomic E-state index is 13.0. The van der Waals surface area contributed by atoms with Crippen molar-refractivity contribution in [3.8, 4) is 0 Å². The standard InChI is InChI=1S/C19H29N5O2/c1-21-14-16(13-20-21)24-8-2-3-17(19(24)26)22-9-11-23(12-10-22)18(25)7-6-15-4-5-15/h13-15,17H,2-12H2,1H3/t17-/m0/s1. The Morgan fingerprint density at radius 3 is 2.58 bits per heavy atom. The molecule has 0 unspecified atom stereocenters. The molecule has 0 spiro atoms. The van der Waals surface area contributed by atoms with Gasteiger partial charge < -0.3 is 9.80 Å². The molecule has 4 rings (SSSR count). The van der Waals surface area contributed by atoms with Crippen LogP contribution in [0.2, 0.25) is 0 Å². The number of piperazine rings is 1. The van der Waals surface area contributed by atoms with Gasteiger partial charge in [0.1, 0.15) is 0 Å². The molecule has 3 aliphatic rings. The Labute approximate surface area is 154 Å². The Bertz CT molecular complexity index is 661. The van der Waals surface area contributed by atoms with Gasteiger partial charge in [0.25, 0.3) is 0 Å². The zero-order valence-electron chi connectivity index (χ0n) is 15.6. The van der Waals surface area contributed by atoms with E-state index in [1.165, 1.54) is 12.8 Å². The van der Waals surface area contributed by atoms with E-state index in [4.69, 9.17) is 0 Å². The number of hydrogen-bond acceptors (Lipinski definition) is 4. The van der Waals surface area contributed by atoms with Crippen LogP contribution in [0, 0.1) is 5.92 Å². The fourth-order valence-electron chi connectivity index (χ4n) is 4.17. The normalized spacial score (nSPS) is 25.0. The quantitative estimate of drug-likeness (QED) is 0.794. The number of anilines is 1. The predicted octanol–water partition coefficient (Wildman–Crippen LogP) is 1.25. The van der Waals surface area contributed by atoms with Gasteiger partial charge in [-0.1, -0.05) is 12.8 Å². The number of piperidine rings is 1. The summed E-state index contributed by atoms with van der Waals surface area (Å²) < 4.78 is 1.73. The van der Waals surface area contributed by atoms with Crippen LogP contribution in [0.3, 0.4) is 0 Å². The molecule has 1 aliphatic carbocycles. The molecule has 142 valence electrons. The molecule has 2 saturated heterocycles. The zero-order chi connectivity index (χ0) is 18.1. The molecule has 0 aromatic carbocycles. The van der Waals surface area contributed by atoms with Crippen molar-refractivity contribution in [1.82, 2.24) is 19.6 Å². The lowest BCUT2D eigenvalue weighted by atomic mass is 10.0. The van der Waals surface area contributed by atoms with Crippen molar-refractivity contribution in [1.29, 1.82) is 0 Å². The van der Waals surface area contributed by atoms with E-state index in [0.717, 1.165) is 63.6 Å². The first kappa shape index (κ1) is 17.5. The summed E-state index contributed by atoms with van der Waals surface area (Å²) in [5.41, 5.74) is 0.885. The van der Waals surface area contributed by atoms with Gasteiger partial charge in [-0.05, 0) is 25.2 Å². The molecule has 0 N–H and O–H groups in total. The van der Waals surface area contributed by atoms with Crippen molar-refractivity contribution in [2.24, 2.45) is 13.0 Å². The minimum absolute atomic E-state index is 0.0623. The molecule has 7 nitrogen and oxygen atoms in total. The minimum atomic E-state index is -0.0623. The van der Waals surface area contributed by atoms with Gasteiger partial charge in [-0.25, -0.2) is 0 Å². The predicted molar refractivity (Wildman–Crippen MR) is 98.7 cm³/mol. The number of hydrogen-bond donors (Lipinski definition) is 0. The summed E-state index contributed by atoms with van der Waals surface area (Å²) in [4.78, 5) is 31.5. The van der Waals surface area contributed by atoms with Gasteiger partial charge in [-0.3, -0.25) is 19.2 Å². The second-order valence-electron chi connectivity index (χ2n) is 7.92. The molecular formula is C19H29N5O2. The van der Waals surface area contributed by atoms with Gasteiger partial charge in [0.2, 0.25) is 11.8 Å². The minimum Gasteiger partial charge on any atom is -0.340 e. The Kier molecular flexibility index (Phi) is 4.98. The van der Waals surface area contributed by atoms with E-state index < -0.39 is 0 Å². The van der Waals surface area contributed by atoms with Gasteiger partial charge in [-0.15, -0.1) is 0 Å². The van der Waals surface area contributed by atoms with Crippen molar-refractivity contribution in [2.75, 3.05) is 37.6 Å². The summed E-state index contributed by atoms with van der Waals surface area (Å²) in [7, 11) is 1.87. The van der Waals surface area contributed by atoms with Crippen molar-refractivity contribution in [3.05, 3.63) is 12.4 Å². The lowest BCUT2D eigenvalue weighted by Crippen LogP contribution is -2.58. The van der Waals surface area contributed by atoms with Crippen LogP contribution in [-0.2, 0) is 16.6 Å². The number of nitrogens with zero attached hydrogens (tertiary/aromatic N) is 5. The van der Waals surface area contributed by atoms with Crippen LogP contribution < -0.4 is 4.90 Å². The second kappa shape index (κ2) is 7.39. The summed E-state index contributed by atoms with van der Waals surface area (Å²) in [6.45, 7) is 3.86. The summed E-state index contributed by atoms with van der Waals surface area (Å²) in [5, 5.41) is 4.19. The molecule has 1 atom stereocenters. The van der Waals surface area contributed by atoms with E-state index in [2.05, 4.69) is 10.00 Å². The molecule has 26 heavy (non-hydrogen) atoms. The summed E-state index contributed by atoms with van der Waals surface area (Å²) in [6, 6.07) is -0.0623. The van der Waals surface area contributed by atoms with Gasteiger partial charge >= 0.3 is 0 Å². The summed E-state index contributed by atoms with van der Waals surface area (Å²) in [6.07, 6.45) is 9.93. The number of aromatic nitrogens is 2. The van der Waals surface area contributed by atoms with Gasteiger partial charge in [0.15, 0.2) is 0 Å². The average Bonchev–Trinajstić information content (AvgIpc) is 3.39. The third kappa shape index (κ3) is 3.77. The van der Waals surface area contributed by atoms with Crippen LogP contribution in [-0.4, -0.2) is 70.2 Å². The molecule has 0 bridgehead atoms. The van der Waals surface area contributed by atoms with Crippen molar-refractivity contribution >= 4 is 17.5 Å². The highest BCUT2D eigenvalue weighted by atomic mass is 16.2. The first-order chi connectivity index (χ1) is 12.6. The molecule has 7 heteroatoms. The Balaban J connectivity index is 1.31. The zero-order valence-corrected chi connectivity index (χ0v) is 15.6. The molecule has 1 aromatic rings. The van der Waals surface area contributed by atoms with Crippen LogP contribution >= 0.6 is 0 Å². The van der Waals surface area contributed by atoms with Crippen LogP contribution in [0.5, 0.6) is 0 Å². The highest BCUT2D eigenvalue weighted by molar-refractivity contribution is 5.97. The van der Waals surface area contributed by atoms with Crippen molar-refractivity contribution in [2.45, 2.75) is 44.6 Å². The van der Waals surface area contributed by atoms with E-state index in [0.29, 0.717) is 12.3 Å². The SMILES string of the molecule is Cn1cc(N2CCC[C@H](N3CCN(C(=O)CCC4CC4)CC3)C2=O)cn1. The van der Waals surface area contributed by atoms with Crippen molar-refractivity contribution in [3.63, 3.8) is 0 Å².